The van der Waals surface area contributed by atoms with E-state index in [-0.39, 0.29) is 17.7 Å². The van der Waals surface area contributed by atoms with Crippen LogP contribution >= 0.6 is 0 Å². The first kappa shape index (κ1) is 29.0. The van der Waals surface area contributed by atoms with Gasteiger partial charge in [0.05, 0.1) is 18.4 Å². The molecule has 0 radical (unpaired) electrons. The van der Waals surface area contributed by atoms with Crippen molar-refractivity contribution in [2.45, 2.75) is 84.3 Å². The molecule has 0 aliphatic carbocycles. The number of rotatable bonds is 12. The van der Waals surface area contributed by atoms with E-state index in [1.165, 1.54) is 10.5 Å². The number of carbonyl (C=O) groups excluding carboxylic acids is 4. The number of aldehydes is 1. The van der Waals surface area contributed by atoms with Crippen LogP contribution < -0.4 is 10.6 Å². The number of carbonyl (C=O) groups is 5. The Morgan fingerprint density at radius 3 is 2.22 bits per heavy atom. The number of aliphatic carboxylic acids is 1. The molecule has 0 aromatic heterocycles. The molecular weight excluding hydrogens is 462 g/mol. The summed E-state index contributed by atoms with van der Waals surface area (Å²) in [4.78, 5) is 62.8. The van der Waals surface area contributed by atoms with Gasteiger partial charge in [-0.2, -0.15) is 0 Å². The molecule has 1 aliphatic heterocycles. The highest BCUT2D eigenvalue weighted by Crippen LogP contribution is 2.22. The summed E-state index contributed by atoms with van der Waals surface area (Å²) in [6, 6.07) is 5.11. The number of hydrogen-bond acceptors (Lipinski definition) is 5. The van der Waals surface area contributed by atoms with Crippen LogP contribution in [0.15, 0.2) is 24.3 Å². The van der Waals surface area contributed by atoms with E-state index in [4.69, 9.17) is 5.11 Å². The monoisotopic (exact) mass is 501 g/mol. The number of likely N-dealkylation sites (tertiary alicyclic amines) is 1. The van der Waals surface area contributed by atoms with E-state index in [0.717, 1.165) is 12.0 Å². The van der Waals surface area contributed by atoms with Crippen LogP contribution in [0.5, 0.6) is 0 Å². The SMILES string of the molecule is CC(C)Cc1ccc(C(C)C(=O)N[C@H](C(=O)N2CCC[C@H]2C(=O)N[C@H](C=O)CC(=O)O)C(C)C)cc1. The van der Waals surface area contributed by atoms with E-state index in [1.54, 1.807) is 6.92 Å². The Bertz CT molecular complexity index is 943. The van der Waals surface area contributed by atoms with Gasteiger partial charge in [0.1, 0.15) is 18.4 Å². The summed E-state index contributed by atoms with van der Waals surface area (Å²) >= 11 is 0. The Kier molecular flexibility index (Phi) is 10.6. The molecule has 9 heteroatoms. The second kappa shape index (κ2) is 13.2. The summed E-state index contributed by atoms with van der Waals surface area (Å²) in [6.45, 7) is 10.1. The van der Waals surface area contributed by atoms with E-state index in [9.17, 15) is 24.0 Å². The Balaban J connectivity index is 2.09. The molecule has 3 amide bonds. The van der Waals surface area contributed by atoms with Crippen LogP contribution in [0.1, 0.15) is 70.9 Å². The van der Waals surface area contributed by atoms with Crippen molar-refractivity contribution < 1.29 is 29.1 Å². The highest BCUT2D eigenvalue weighted by atomic mass is 16.4. The number of benzene rings is 1. The Hall–Kier alpha value is -3.23. The molecule has 36 heavy (non-hydrogen) atoms. The van der Waals surface area contributed by atoms with Gasteiger partial charge in [-0.25, -0.2) is 0 Å². The average Bonchev–Trinajstić information content (AvgIpc) is 3.31. The van der Waals surface area contributed by atoms with E-state index in [0.29, 0.717) is 31.6 Å². The van der Waals surface area contributed by atoms with Gasteiger partial charge in [-0.05, 0) is 49.1 Å². The fourth-order valence-corrected chi connectivity index (χ4v) is 4.44. The smallest absolute Gasteiger partial charge is 0.305 e. The summed E-state index contributed by atoms with van der Waals surface area (Å²) in [5.74, 6) is -2.57. The van der Waals surface area contributed by atoms with E-state index >= 15 is 0 Å². The summed E-state index contributed by atoms with van der Waals surface area (Å²) in [6.07, 6.45) is 1.79. The average molecular weight is 502 g/mol. The minimum atomic E-state index is -1.21. The highest BCUT2D eigenvalue weighted by molar-refractivity contribution is 5.94. The molecule has 1 aromatic carbocycles. The van der Waals surface area contributed by atoms with Crippen LogP contribution in [0.4, 0.5) is 0 Å². The van der Waals surface area contributed by atoms with Gasteiger partial charge in [0.2, 0.25) is 17.7 Å². The van der Waals surface area contributed by atoms with Crippen molar-refractivity contribution in [3.63, 3.8) is 0 Å². The molecule has 1 aromatic rings. The second-order valence-corrected chi connectivity index (χ2v) is 10.3. The van der Waals surface area contributed by atoms with Crippen LogP contribution in [0.2, 0.25) is 0 Å². The fourth-order valence-electron chi connectivity index (χ4n) is 4.44. The van der Waals surface area contributed by atoms with Crippen LogP contribution in [0.25, 0.3) is 0 Å². The summed E-state index contributed by atoms with van der Waals surface area (Å²) in [5.41, 5.74) is 2.06. The van der Waals surface area contributed by atoms with E-state index in [1.807, 2.05) is 38.1 Å². The minimum Gasteiger partial charge on any atom is -0.481 e. The van der Waals surface area contributed by atoms with Gasteiger partial charge in [0, 0.05) is 6.54 Å². The zero-order valence-electron chi connectivity index (χ0n) is 21.8. The summed E-state index contributed by atoms with van der Waals surface area (Å²) in [7, 11) is 0. The van der Waals surface area contributed by atoms with Crippen molar-refractivity contribution in [3.05, 3.63) is 35.4 Å². The van der Waals surface area contributed by atoms with Gasteiger partial charge < -0.3 is 25.4 Å². The van der Waals surface area contributed by atoms with Gasteiger partial charge in [0.15, 0.2) is 0 Å². The summed E-state index contributed by atoms with van der Waals surface area (Å²) < 4.78 is 0. The largest absolute Gasteiger partial charge is 0.481 e. The first-order chi connectivity index (χ1) is 16.9. The number of carboxylic acids is 1. The topological polar surface area (TPSA) is 133 Å². The maximum atomic E-state index is 13.4. The van der Waals surface area contributed by atoms with Crippen molar-refractivity contribution in [3.8, 4) is 0 Å². The zero-order chi connectivity index (χ0) is 27.0. The zero-order valence-corrected chi connectivity index (χ0v) is 21.8. The number of nitrogens with zero attached hydrogens (tertiary/aromatic N) is 1. The quantitative estimate of drug-likeness (QED) is 0.377. The molecule has 4 atom stereocenters. The number of amides is 3. The molecule has 0 bridgehead atoms. The fraction of sp³-hybridized carbons (Fsp3) is 0.593. The summed E-state index contributed by atoms with van der Waals surface area (Å²) in [5, 5.41) is 14.2. The number of carboxylic acid groups (broad SMARTS) is 1. The lowest BCUT2D eigenvalue weighted by atomic mass is 9.95. The van der Waals surface area contributed by atoms with Gasteiger partial charge >= 0.3 is 5.97 Å². The maximum Gasteiger partial charge on any atom is 0.305 e. The van der Waals surface area contributed by atoms with Crippen molar-refractivity contribution in [1.82, 2.24) is 15.5 Å². The lowest BCUT2D eigenvalue weighted by Gasteiger charge is -2.31. The lowest BCUT2D eigenvalue weighted by molar-refractivity contribution is -0.143. The maximum absolute atomic E-state index is 13.4. The molecule has 3 N–H and O–H groups in total. The molecule has 0 saturated carbocycles. The van der Waals surface area contributed by atoms with Gasteiger partial charge in [0.25, 0.3) is 0 Å². The van der Waals surface area contributed by atoms with Crippen LogP contribution in [-0.4, -0.2) is 64.7 Å². The van der Waals surface area contributed by atoms with Crippen molar-refractivity contribution >= 4 is 30.0 Å². The normalized spacial score (nSPS) is 18.0. The van der Waals surface area contributed by atoms with Crippen LogP contribution in [-0.2, 0) is 30.4 Å². The third-order valence-corrected chi connectivity index (χ3v) is 6.47. The highest BCUT2D eigenvalue weighted by Gasteiger charge is 2.39. The molecule has 1 saturated heterocycles. The van der Waals surface area contributed by atoms with E-state index in [2.05, 4.69) is 24.5 Å². The molecule has 0 spiro atoms. The van der Waals surface area contributed by atoms with Crippen LogP contribution in [0, 0.1) is 11.8 Å². The predicted molar refractivity (Wildman–Crippen MR) is 135 cm³/mol. The second-order valence-electron chi connectivity index (χ2n) is 10.3. The third kappa shape index (κ3) is 7.90. The van der Waals surface area contributed by atoms with Crippen molar-refractivity contribution in [2.75, 3.05) is 6.54 Å². The van der Waals surface area contributed by atoms with Gasteiger partial charge in [-0.3, -0.25) is 19.2 Å². The molecule has 1 unspecified atom stereocenters. The van der Waals surface area contributed by atoms with Crippen molar-refractivity contribution in [1.29, 1.82) is 0 Å². The molecule has 1 aliphatic rings. The number of nitrogens with one attached hydrogen (secondary N) is 2. The van der Waals surface area contributed by atoms with Crippen LogP contribution in [0.3, 0.4) is 0 Å². The lowest BCUT2D eigenvalue weighted by Crippen LogP contribution is -2.56. The number of hydrogen-bond donors (Lipinski definition) is 3. The Morgan fingerprint density at radius 2 is 1.69 bits per heavy atom. The molecular formula is C27H39N3O6. The van der Waals surface area contributed by atoms with Gasteiger partial charge in [-0.1, -0.05) is 52.0 Å². The third-order valence-electron chi connectivity index (χ3n) is 6.47. The first-order valence-electron chi connectivity index (χ1n) is 12.6. The molecule has 1 heterocycles. The predicted octanol–water partition coefficient (Wildman–Crippen LogP) is 2.28. The molecule has 2 rings (SSSR count). The van der Waals surface area contributed by atoms with E-state index < -0.39 is 42.3 Å². The van der Waals surface area contributed by atoms with Gasteiger partial charge in [-0.15, -0.1) is 0 Å². The first-order valence-corrected chi connectivity index (χ1v) is 12.6. The standard InChI is InChI=1S/C27H39N3O6/c1-16(2)13-19-8-10-20(11-9-19)18(5)25(34)29-24(17(3)4)27(36)30-12-6-7-22(30)26(35)28-21(15-31)14-23(32)33/h8-11,15-18,21-22,24H,6-7,12-14H2,1-5H3,(H,28,35)(H,29,34)(H,32,33)/t18?,21-,22-,24-/m0/s1. The molecule has 9 nitrogen and oxygen atoms in total. The molecule has 1 fully saturated rings. The minimum absolute atomic E-state index is 0.221. The Labute approximate surface area is 213 Å². The Morgan fingerprint density at radius 1 is 1.06 bits per heavy atom. The van der Waals surface area contributed by atoms with Crippen molar-refractivity contribution in [2.24, 2.45) is 11.8 Å². The molecule has 198 valence electrons.